The van der Waals surface area contributed by atoms with Gasteiger partial charge in [-0.25, -0.2) is 9.97 Å². The molecule has 0 spiro atoms. The average molecular weight is 351 g/mol. The zero-order valence-corrected chi connectivity index (χ0v) is 15.1. The maximum atomic E-state index is 11.9. The Morgan fingerprint density at radius 2 is 2.17 bits per heavy atom. The molecule has 1 amide bonds. The summed E-state index contributed by atoms with van der Waals surface area (Å²) in [4.78, 5) is 23.3. The Bertz CT molecular complexity index is 728. The van der Waals surface area contributed by atoms with Gasteiger partial charge in [-0.2, -0.15) is 0 Å². The summed E-state index contributed by atoms with van der Waals surface area (Å²) >= 11 is 3.08. The molecule has 124 valence electrons. The smallest absolute Gasteiger partial charge is 0.230 e. The van der Waals surface area contributed by atoms with Crippen LogP contribution in [0.5, 0.6) is 0 Å². The van der Waals surface area contributed by atoms with E-state index in [-0.39, 0.29) is 11.9 Å². The van der Waals surface area contributed by atoms with E-state index in [4.69, 9.17) is 5.73 Å². The lowest BCUT2D eigenvalue weighted by Crippen LogP contribution is -2.33. The van der Waals surface area contributed by atoms with Crippen molar-refractivity contribution in [1.82, 2.24) is 15.3 Å². The molecule has 0 aliphatic heterocycles. The van der Waals surface area contributed by atoms with Gasteiger partial charge in [-0.1, -0.05) is 18.7 Å². The summed E-state index contributed by atoms with van der Waals surface area (Å²) in [6, 6.07) is 0.195. The summed E-state index contributed by atoms with van der Waals surface area (Å²) < 4.78 is 0. The van der Waals surface area contributed by atoms with Gasteiger partial charge in [-0.3, -0.25) is 4.79 Å². The number of nitrogens with zero attached hydrogens (tertiary/aromatic N) is 2. The van der Waals surface area contributed by atoms with Crippen molar-refractivity contribution in [2.24, 2.45) is 0 Å². The van der Waals surface area contributed by atoms with Crippen LogP contribution in [0.1, 0.15) is 43.6 Å². The van der Waals surface area contributed by atoms with Gasteiger partial charge in [-0.15, -0.1) is 11.3 Å². The summed E-state index contributed by atoms with van der Waals surface area (Å²) in [5, 5.41) is 4.58. The Labute approximate surface area is 144 Å². The maximum absolute atomic E-state index is 11.9. The highest BCUT2D eigenvalue weighted by molar-refractivity contribution is 7.99. The lowest BCUT2D eigenvalue weighted by Gasteiger charge is -2.11. The molecule has 5 nitrogen and oxygen atoms in total. The zero-order valence-electron chi connectivity index (χ0n) is 13.5. The van der Waals surface area contributed by atoms with Gasteiger partial charge in [-0.05, 0) is 44.6 Å². The molecule has 7 heteroatoms. The first-order valence-corrected chi connectivity index (χ1v) is 9.88. The standard InChI is InChI=1S/C16H22N4OS2/c1-3-9(2)18-12(21)8-22-16-19-14(17)13-10-6-4-5-7-11(10)23-15(13)20-16/h9H,3-8H2,1-2H3,(H,18,21)(H2,17,19,20)/t9-/m1/s1. The lowest BCUT2D eigenvalue weighted by molar-refractivity contribution is -0.119. The molecule has 3 N–H and O–H groups in total. The number of nitrogens with two attached hydrogens (primary N) is 1. The van der Waals surface area contributed by atoms with Gasteiger partial charge < -0.3 is 11.1 Å². The second-order valence-electron chi connectivity index (χ2n) is 5.95. The van der Waals surface area contributed by atoms with E-state index in [1.54, 1.807) is 11.3 Å². The minimum absolute atomic E-state index is 0.0112. The second kappa shape index (κ2) is 7.05. The molecule has 0 fully saturated rings. The Hall–Kier alpha value is -1.34. The zero-order chi connectivity index (χ0) is 16.4. The second-order valence-corrected chi connectivity index (χ2v) is 7.97. The van der Waals surface area contributed by atoms with E-state index in [9.17, 15) is 4.79 Å². The minimum Gasteiger partial charge on any atom is -0.383 e. The van der Waals surface area contributed by atoms with Crippen molar-refractivity contribution in [2.45, 2.75) is 57.1 Å². The summed E-state index contributed by atoms with van der Waals surface area (Å²) in [6.07, 6.45) is 5.57. The van der Waals surface area contributed by atoms with Crippen LogP contribution >= 0.6 is 23.1 Å². The number of nitrogens with one attached hydrogen (secondary N) is 1. The van der Waals surface area contributed by atoms with Crippen molar-refractivity contribution in [3.8, 4) is 0 Å². The van der Waals surface area contributed by atoms with E-state index in [1.807, 2.05) is 13.8 Å². The third kappa shape index (κ3) is 3.61. The van der Waals surface area contributed by atoms with E-state index in [2.05, 4.69) is 15.3 Å². The molecule has 0 aromatic carbocycles. The number of amides is 1. The molecule has 1 atom stereocenters. The monoisotopic (exact) mass is 350 g/mol. The van der Waals surface area contributed by atoms with Crippen molar-refractivity contribution in [3.05, 3.63) is 10.4 Å². The Morgan fingerprint density at radius 3 is 2.96 bits per heavy atom. The van der Waals surface area contributed by atoms with E-state index < -0.39 is 0 Å². The lowest BCUT2D eigenvalue weighted by atomic mass is 9.97. The maximum Gasteiger partial charge on any atom is 0.230 e. The van der Waals surface area contributed by atoms with Crippen LogP contribution in [0.25, 0.3) is 10.2 Å². The van der Waals surface area contributed by atoms with Crippen molar-refractivity contribution in [1.29, 1.82) is 0 Å². The summed E-state index contributed by atoms with van der Waals surface area (Å²) in [6.45, 7) is 4.05. The Morgan fingerprint density at radius 1 is 1.39 bits per heavy atom. The largest absolute Gasteiger partial charge is 0.383 e. The van der Waals surface area contributed by atoms with Crippen molar-refractivity contribution >= 4 is 45.0 Å². The SMILES string of the molecule is CC[C@@H](C)NC(=O)CSc1nc(N)c2c3c(sc2n1)CCCC3. The summed E-state index contributed by atoms with van der Waals surface area (Å²) in [5.74, 6) is 0.886. The van der Waals surface area contributed by atoms with Crippen LogP contribution in [0.4, 0.5) is 5.82 Å². The van der Waals surface area contributed by atoms with Gasteiger partial charge >= 0.3 is 0 Å². The van der Waals surface area contributed by atoms with Crippen LogP contribution in [0.2, 0.25) is 0 Å². The van der Waals surface area contributed by atoms with Crippen molar-refractivity contribution in [2.75, 3.05) is 11.5 Å². The van der Waals surface area contributed by atoms with Crippen molar-refractivity contribution < 1.29 is 4.79 Å². The number of aryl methyl sites for hydroxylation is 2. The molecule has 0 saturated carbocycles. The highest BCUT2D eigenvalue weighted by Gasteiger charge is 2.20. The summed E-state index contributed by atoms with van der Waals surface area (Å²) in [7, 11) is 0. The van der Waals surface area contributed by atoms with E-state index in [1.165, 1.54) is 35.0 Å². The van der Waals surface area contributed by atoms with Gasteiger partial charge in [0, 0.05) is 10.9 Å². The predicted molar refractivity (Wildman–Crippen MR) is 97.1 cm³/mol. The van der Waals surface area contributed by atoms with Crippen LogP contribution in [0.3, 0.4) is 0 Å². The first-order chi connectivity index (χ1) is 11.1. The number of hydrogen-bond donors (Lipinski definition) is 2. The number of rotatable bonds is 5. The number of thiophene rings is 1. The van der Waals surface area contributed by atoms with Crippen LogP contribution < -0.4 is 11.1 Å². The van der Waals surface area contributed by atoms with Crippen LogP contribution in [-0.4, -0.2) is 27.7 Å². The Kier molecular flexibility index (Phi) is 5.06. The predicted octanol–water partition coefficient (Wildman–Crippen LogP) is 3.16. The number of thioether (sulfide) groups is 1. The Balaban J connectivity index is 1.76. The molecule has 23 heavy (non-hydrogen) atoms. The molecule has 2 aromatic rings. The number of aromatic nitrogens is 2. The van der Waals surface area contributed by atoms with Crippen LogP contribution in [-0.2, 0) is 17.6 Å². The van der Waals surface area contributed by atoms with Crippen molar-refractivity contribution in [3.63, 3.8) is 0 Å². The van der Waals surface area contributed by atoms with Gasteiger partial charge in [0.15, 0.2) is 5.16 Å². The fourth-order valence-electron chi connectivity index (χ4n) is 2.78. The summed E-state index contributed by atoms with van der Waals surface area (Å²) in [5.41, 5.74) is 7.52. The van der Waals surface area contributed by atoms with Gasteiger partial charge in [0.25, 0.3) is 0 Å². The van der Waals surface area contributed by atoms with Gasteiger partial charge in [0.1, 0.15) is 10.6 Å². The molecule has 1 aliphatic rings. The number of carbonyl (C=O) groups is 1. The molecule has 1 aliphatic carbocycles. The topological polar surface area (TPSA) is 80.9 Å². The molecule has 0 saturated heterocycles. The van der Waals surface area contributed by atoms with E-state index in [0.717, 1.165) is 29.5 Å². The molecule has 0 bridgehead atoms. The minimum atomic E-state index is 0.0112. The first kappa shape index (κ1) is 16.5. The molecule has 2 heterocycles. The van der Waals surface area contributed by atoms with Crippen LogP contribution in [0.15, 0.2) is 5.16 Å². The molecule has 3 rings (SSSR count). The third-order valence-corrected chi connectivity index (χ3v) is 6.21. The normalized spacial score (nSPS) is 15.4. The van der Waals surface area contributed by atoms with E-state index >= 15 is 0 Å². The third-order valence-electron chi connectivity index (χ3n) is 4.17. The number of anilines is 1. The quantitative estimate of drug-likeness (QED) is 0.639. The fraction of sp³-hybridized carbons (Fsp3) is 0.562. The molecule has 2 aromatic heterocycles. The van der Waals surface area contributed by atoms with Gasteiger partial charge in [0.05, 0.1) is 11.1 Å². The first-order valence-electron chi connectivity index (χ1n) is 8.08. The fourth-order valence-corrected chi connectivity index (χ4v) is 4.77. The molecular formula is C16H22N4OS2. The number of nitrogen functional groups attached to an aromatic ring is 1. The van der Waals surface area contributed by atoms with Gasteiger partial charge in [0.2, 0.25) is 5.91 Å². The number of fused-ring (bicyclic) bond motifs is 3. The highest BCUT2D eigenvalue weighted by Crippen LogP contribution is 2.38. The number of hydrogen-bond acceptors (Lipinski definition) is 6. The molecular weight excluding hydrogens is 328 g/mol. The number of carbonyl (C=O) groups excluding carboxylic acids is 1. The average Bonchev–Trinajstić information content (AvgIpc) is 2.91. The highest BCUT2D eigenvalue weighted by atomic mass is 32.2. The molecule has 0 radical (unpaired) electrons. The molecule has 0 unspecified atom stereocenters. The van der Waals surface area contributed by atoms with Crippen LogP contribution in [0, 0.1) is 0 Å². The van der Waals surface area contributed by atoms with E-state index in [0.29, 0.717) is 16.7 Å².